The van der Waals surface area contributed by atoms with Crippen molar-refractivity contribution in [1.82, 2.24) is 25.0 Å². The Hall–Kier alpha value is -4.00. The Morgan fingerprint density at radius 3 is 2.47 bits per heavy atom. The summed E-state index contributed by atoms with van der Waals surface area (Å²) in [5, 5.41) is 5.73. The average molecular weight is 399 g/mol. The highest BCUT2D eigenvalue weighted by atomic mass is 16.2. The Morgan fingerprint density at radius 1 is 0.900 bits per heavy atom. The van der Waals surface area contributed by atoms with Gasteiger partial charge < -0.3 is 10.6 Å². The fourth-order valence-corrected chi connectivity index (χ4v) is 3.22. The molecule has 0 aliphatic rings. The number of nitrogens with zero attached hydrogens (tertiary/aromatic N) is 3. The van der Waals surface area contributed by atoms with Crippen molar-refractivity contribution in [3.63, 3.8) is 0 Å². The molecule has 3 aromatic heterocycles. The summed E-state index contributed by atoms with van der Waals surface area (Å²) in [7, 11) is 0. The number of benzene rings is 1. The number of carbonyl (C=O) groups excluding carboxylic acids is 2. The van der Waals surface area contributed by atoms with E-state index in [-0.39, 0.29) is 23.3 Å². The van der Waals surface area contributed by atoms with Crippen LogP contribution in [0, 0.1) is 6.92 Å². The Morgan fingerprint density at radius 2 is 1.67 bits per heavy atom. The molecule has 2 amide bonds. The molecule has 1 aromatic carbocycles. The minimum absolute atomic E-state index is 0.167. The average Bonchev–Trinajstić information content (AvgIpc) is 3.17. The molecule has 150 valence electrons. The third kappa shape index (κ3) is 4.20. The first kappa shape index (κ1) is 19.3. The highest BCUT2D eigenvalue weighted by Crippen LogP contribution is 2.14. The topological polar surface area (TPSA) is 88.4 Å². The Kier molecular flexibility index (Phi) is 5.52. The zero-order valence-corrected chi connectivity index (χ0v) is 16.5. The number of nitrogens with one attached hydrogen (secondary N) is 2. The van der Waals surface area contributed by atoms with Crippen molar-refractivity contribution in [2.24, 2.45) is 0 Å². The van der Waals surface area contributed by atoms with Crippen LogP contribution in [0.1, 0.15) is 37.8 Å². The molecule has 0 bridgehead atoms. The monoisotopic (exact) mass is 399 g/mol. The predicted molar refractivity (Wildman–Crippen MR) is 113 cm³/mol. The second kappa shape index (κ2) is 8.57. The molecule has 0 atom stereocenters. The Balaban J connectivity index is 1.54. The van der Waals surface area contributed by atoms with Gasteiger partial charge >= 0.3 is 0 Å². The van der Waals surface area contributed by atoms with E-state index in [0.717, 1.165) is 16.7 Å². The minimum atomic E-state index is -0.356. The van der Waals surface area contributed by atoms with Crippen LogP contribution in [0.15, 0.2) is 73.2 Å². The van der Waals surface area contributed by atoms with E-state index in [1.54, 1.807) is 35.1 Å². The minimum Gasteiger partial charge on any atom is -0.347 e. The smallest absolute Gasteiger partial charge is 0.287 e. The van der Waals surface area contributed by atoms with Crippen LogP contribution in [-0.4, -0.2) is 26.2 Å². The molecule has 0 spiro atoms. The molecular weight excluding hydrogens is 378 g/mol. The predicted octanol–water partition coefficient (Wildman–Crippen LogP) is 2.90. The van der Waals surface area contributed by atoms with Gasteiger partial charge in [0.2, 0.25) is 5.82 Å². The van der Waals surface area contributed by atoms with Crippen molar-refractivity contribution in [1.29, 1.82) is 0 Å². The molecule has 7 heteroatoms. The van der Waals surface area contributed by atoms with Gasteiger partial charge in [-0.2, -0.15) is 0 Å². The van der Waals surface area contributed by atoms with Crippen LogP contribution in [-0.2, 0) is 13.1 Å². The van der Waals surface area contributed by atoms with Crippen molar-refractivity contribution >= 4 is 17.3 Å². The van der Waals surface area contributed by atoms with Crippen LogP contribution < -0.4 is 10.6 Å². The normalized spacial score (nSPS) is 10.7. The van der Waals surface area contributed by atoms with Gasteiger partial charge in [-0.05, 0) is 42.3 Å². The standard InChI is InChI=1S/C23H21N5O2/c1-16-5-4-6-18(13-16)15-25-22(29)20-19-7-2-3-12-28(19)21(27-20)23(30)26-14-17-8-10-24-11-9-17/h2-13H,14-15H2,1H3,(H,25,29)(H,26,30). The molecule has 0 saturated heterocycles. The lowest BCUT2D eigenvalue weighted by Gasteiger charge is -2.05. The summed E-state index contributed by atoms with van der Waals surface area (Å²) in [4.78, 5) is 33.9. The third-order valence-electron chi connectivity index (χ3n) is 4.70. The van der Waals surface area contributed by atoms with Crippen molar-refractivity contribution in [2.45, 2.75) is 20.0 Å². The number of carbonyl (C=O) groups is 2. The molecule has 0 aliphatic heterocycles. The molecule has 0 radical (unpaired) electrons. The van der Waals surface area contributed by atoms with E-state index in [1.165, 1.54) is 0 Å². The van der Waals surface area contributed by atoms with Crippen LogP contribution >= 0.6 is 0 Å². The number of amides is 2. The van der Waals surface area contributed by atoms with Gasteiger partial charge in [-0.25, -0.2) is 4.98 Å². The zero-order valence-electron chi connectivity index (χ0n) is 16.5. The molecule has 0 fully saturated rings. The van der Waals surface area contributed by atoms with E-state index in [0.29, 0.717) is 18.6 Å². The number of aryl methyl sites for hydroxylation is 1. The summed E-state index contributed by atoms with van der Waals surface area (Å²) >= 11 is 0. The van der Waals surface area contributed by atoms with Crippen LogP contribution in [0.4, 0.5) is 0 Å². The number of hydrogen-bond donors (Lipinski definition) is 2. The number of imidazole rings is 1. The first-order valence-electron chi connectivity index (χ1n) is 9.60. The van der Waals surface area contributed by atoms with Crippen LogP contribution in [0.5, 0.6) is 0 Å². The number of fused-ring (bicyclic) bond motifs is 1. The summed E-state index contributed by atoms with van der Waals surface area (Å²) < 4.78 is 1.63. The van der Waals surface area contributed by atoms with E-state index < -0.39 is 0 Å². The molecule has 4 aromatic rings. The molecule has 2 N–H and O–H groups in total. The van der Waals surface area contributed by atoms with E-state index in [4.69, 9.17) is 0 Å². The lowest BCUT2D eigenvalue weighted by Crippen LogP contribution is -2.26. The molecule has 0 aliphatic carbocycles. The van der Waals surface area contributed by atoms with E-state index >= 15 is 0 Å². The lowest BCUT2D eigenvalue weighted by molar-refractivity contribution is 0.0939. The molecule has 0 saturated carbocycles. The zero-order chi connectivity index (χ0) is 20.9. The highest BCUT2D eigenvalue weighted by molar-refractivity contribution is 6.02. The first-order chi connectivity index (χ1) is 14.6. The van der Waals surface area contributed by atoms with Gasteiger partial charge in [-0.15, -0.1) is 0 Å². The third-order valence-corrected chi connectivity index (χ3v) is 4.70. The van der Waals surface area contributed by atoms with E-state index in [1.807, 2.05) is 49.4 Å². The Bertz CT molecular complexity index is 1200. The van der Waals surface area contributed by atoms with E-state index in [2.05, 4.69) is 20.6 Å². The van der Waals surface area contributed by atoms with Crippen LogP contribution in [0.25, 0.3) is 5.52 Å². The maximum Gasteiger partial charge on any atom is 0.287 e. The van der Waals surface area contributed by atoms with Crippen LogP contribution in [0.2, 0.25) is 0 Å². The first-order valence-corrected chi connectivity index (χ1v) is 9.60. The van der Waals surface area contributed by atoms with E-state index in [9.17, 15) is 9.59 Å². The van der Waals surface area contributed by atoms with Crippen molar-refractivity contribution in [3.05, 3.63) is 101 Å². The summed E-state index contributed by atoms with van der Waals surface area (Å²) in [6.07, 6.45) is 5.06. The maximum atomic E-state index is 12.8. The molecule has 4 rings (SSSR count). The number of hydrogen-bond acceptors (Lipinski definition) is 4. The largest absolute Gasteiger partial charge is 0.347 e. The summed E-state index contributed by atoms with van der Waals surface area (Å²) in [6.45, 7) is 2.74. The molecule has 7 nitrogen and oxygen atoms in total. The molecule has 30 heavy (non-hydrogen) atoms. The van der Waals surface area contributed by atoms with Gasteiger partial charge in [0, 0.05) is 31.7 Å². The van der Waals surface area contributed by atoms with Gasteiger partial charge in [-0.3, -0.25) is 19.0 Å². The molecule has 0 unspecified atom stereocenters. The summed E-state index contributed by atoms with van der Waals surface area (Å²) in [5.41, 5.74) is 3.85. The van der Waals surface area contributed by atoms with Crippen molar-refractivity contribution in [3.8, 4) is 0 Å². The fourth-order valence-electron chi connectivity index (χ4n) is 3.22. The van der Waals surface area contributed by atoms with Gasteiger partial charge in [0.25, 0.3) is 11.8 Å². The Labute approximate surface area is 173 Å². The quantitative estimate of drug-likeness (QED) is 0.522. The maximum absolute atomic E-state index is 12.8. The highest BCUT2D eigenvalue weighted by Gasteiger charge is 2.21. The number of pyridine rings is 2. The summed E-state index contributed by atoms with van der Waals surface area (Å²) in [5.74, 6) is -0.514. The molecular formula is C23H21N5O2. The van der Waals surface area contributed by atoms with Gasteiger partial charge in [0.05, 0.1) is 5.52 Å². The lowest BCUT2D eigenvalue weighted by atomic mass is 10.1. The van der Waals surface area contributed by atoms with Crippen molar-refractivity contribution in [2.75, 3.05) is 0 Å². The SMILES string of the molecule is Cc1cccc(CNC(=O)c2nc(C(=O)NCc3ccncc3)n3ccccc23)c1. The van der Waals surface area contributed by atoms with Gasteiger partial charge in [0.15, 0.2) is 5.69 Å². The second-order valence-electron chi connectivity index (χ2n) is 6.95. The summed E-state index contributed by atoms with van der Waals surface area (Å²) in [6, 6.07) is 17.0. The van der Waals surface area contributed by atoms with Gasteiger partial charge in [-0.1, -0.05) is 35.9 Å². The molecule has 3 heterocycles. The second-order valence-corrected chi connectivity index (χ2v) is 6.95. The van der Waals surface area contributed by atoms with Crippen LogP contribution in [0.3, 0.4) is 0 Å². The van der Waals surface area contributed by atoms with Crippen molar-refractivity contribution < 1.29 is 9.59 Å². The fraction of sp³-hybridized carbons (Fsp3) is 0.130. The van der Waals surface area contributed by atoms with Gasteiger partial charge in [0.1, 0.15) is 0 Å². The number of aromatic nitrogens is 3. The number of rotatable bonds is 6.